The molecule has 0 aromatic heterocycles. The van der Waals surface area contributed by atoms with Crippen LogP contribution in [0.2, 0.25) is 5.02 Å². The van der Waals surface area contributed by atoms with Crippen LogP contribution in [-0.2, 0) is 0 Å². The first-order valence-corrected chi connectivity index (χ1v) is 7.89. The van der Waals surface area contributed by atoms with Crippen LogP contribution in [0.1, 0.15) is 26.3 Å². The lowest BCUT2D eigenvalue weighted by atomic mass is 9.92. The second kappa shape index (κ2) is 6.30. The maximum atomic E-state index is 12.7. The fourth-order valence-electron chi connectivity index (χ4n) is 2.54. The van der Waals surface area contributed by atoms with E-state index in [-0.39, 0.29) is 22.3 Å². The Morgan fingerprint density at radius 1 is 1.00 bits per heavy atom. The SMILES string of the molecule is COc1cc(NC2=C(Cl)C(=O)c3ccccc3C2=O)cc(Cl)c1C. The summed E-state index contributed by atoms with van der Waals surface area (Å²) >= 11 is 12.3. The number of benzene rings is 2. The zero-order valence-corrected chi connectivity index (χ0v) is 14.5. The van der Waals surface area contributed by atoms with Gasteiger partial charge in [0, 0.05) is 33.5 Å². The van der Waals surface area contributed by atoms with E-state index < -0.39 is 0 Å². The van der Waals surface area contributed by atoms with Crippen molar-refractivity contribution >= 4 is 40.5 Å². The van der Waals surface area contributed by atoms with Crippen LogP contribution in [0.15, 0.2) is 47.1 Å². The summed E-state index contributed by atoms with van der Waals surface area (Å²) in [5.41, 5.74) is 1.94. The molecule has 122 valence electrons. The molecule has 0 saturated heterocycles. The molecule has 4 nitrogen and oxygen atoms in total. The summed E-state index contributed by atoms with van der Waals surface area (Å²) in [5, 5.41) is 3.24. The first kappa shape index (κ1) is 16.6. The predicted molar refractivity (Wildman–Crippen MR) is 94.3 cm³/mol. The van der Waals surface area contributed by atoms with E-state index in [1.165, 1.54) is 7.11 Å². The summed E-state index contributed by atoms with van der Waals surface area (Å²) in [5.74, 6) is -0.165. The summed E-state index contributed by atoms with van der Waals surface area (Å²) in [7, 11) is 1.53. The fraction of sp³-hybridized carbons (Fsp3) is 0.111. The van der Waals surface area contributed by atoms with Gasteiger partial charge in [0.15, 0.2) is 0 Å². The fourth-order valence-corrected chi connectivity index (χ4v) is 2.98. The van der Waals surface area contributed by atoms with Gasteiger partial charge in [0.2, 0.25) is 11.6 Å². The lowest BCUT2D eigenvalue weighted by Gasteiger charge is -2.19. The number of methoxy groups -OCH3 is 1. The van der Waals surface area contributed by atoms with Gasteiger partial charge in [0.25, 0.3) is 0 Å². The van der Waals surface area contributed by atoms with Gasteiger partial charge >= 0.3 is 0 Å². The number of hydrogen-bond donors (Lipinski definition) is 1. The largest absolute Gasteiger partial charge is 0.496 e. The Morgan fingerprint density at radius 3 is 2.25 bits per heavy atom. The van der Waals surface area contributed by atoms with Crippen LogP contribution in [0.25, 0.3) is 0 Å². The molecule has 0 unspecified atom stereocenters. The van der Waals surface area contributed by atoms with Crippen molar-refractivity contribution in [1.82, 2.24) is 0 Å². The van der Waals surface area contributed by atoms with Crippen molar-refractivity contribution in [3.05, 3.63) is 68.8 Å². The zero-order chi connectivity index (χ0) is 17.4. The van der Waals surface area contributed by atoms with Gasteiger partial charge in [-0.05, 0) is 13.0 Å². The van der Waals surface area contributed by atoms with E-state index >= 15 is 0 Å². The van der Waals surface area contributed by atoms with Gasteiger partial charge < -0.3 is 10.1 Å². The molecule has 0 atom stereocenters. The molecule has 2 aromatic carbocycles. The number of carbonyl (C=O) groups excluding carboxylic acids is 2. The number of rotatable bonds is 3. The molecule has 0 radical (unpaired) electrons. The minimum atomic E-state index is -0.389. The minimum absolute atomic E-state index is 0.0299. The summed E-state index contributed by atoms with van der Waals surface area (Å²) in [6.07, 6.45) is 0. The summed E-state index contributed by atoms with van der Waals surface area (Å²) in [4.78, 5) is 25.0. The highest BCUT2D eigenvalue weighted by Gasteiger charge is 2.31. The zero-order valence-electron chi connectivity index (χ0n) is 12.9. The van der Waals surface area contributed by atoms with Crippen molar-refractivity contribution in [2.75, 3.05) is 12.4 Å². The van der Waals surface area contributed by atoms with E-state index in [1.807, 2.05) is 6.92 Å². The maximum Gasteiger partial charge on any atom is 0.211 e. The molecule has 0 saturated carbocycles. The Labute approximate surface area is 149 Å². The van der Waals surface area contributed by atoms with Gasteiger partial charge in [-0.25, -0.2) is 0 Å². The van der Waals surface area contributed by atoms with Crippen LogP contribution < -0.4 is 10.1 Å². The molecule has 0 spiro atoms. The van der Waals surface area contributed by atoms with E-state index in [4.69, 9.17) is 27.9 Å². The van der Waals surface area contributed by atoms with E-state index in [0.717, 1.165) is 5.56 Å². The van der Waals surface area contributed by atoms with Crippen molar-refractivity contribution in [2.45, 2.75) is 6.92 Å². The number of carbonyl (C=O) groups is 2. The first-order chi connectivity index (χ1) is 11.4. The van der Waals surface area contributed by atoms with Crippen LogP contribution in [0.4, 0.5) is 5.69 Å². The highest BCUT2D eigenvalue weighted by molar-refractivity contribution is 6.50. The first-order valence-electron chi connectivity index (χ1n) is 7.13. The van der Waals surface area contributed by atoms with Crippen molar-refractivity contribution in [1.29, 1.82) is 0 Å². The Morgan fingerprint density at radius 2 is 1.62 bits per heavy atom. The Bertz CT molecular complexity index is 903. The molecular formula is C18H13Cl2NO3. The minimum Gasteiger partial charge on any atom is -0.496 e. The molecule has 24 heavy (non-hydrogen) atoms. The lowest BCUT2D eigenvalue weighted by molar-refractivity contribution is 0.0982. The second-order valence-electron chi connectivity index (χ2n) is 5.30. The number of nitrogens with one attached hydrogen (secondary N) is 1. The number of allylic oxidation sites excluding steroid dienone is 2. The van der Waals surface area contributed by atoms with Crippen molar-refractivity contribution in [3.63, 3.8) is 0 Å². The molecule has 3 rings (SSSR count). The highest BCUT2D eigenvalue weighted by Crippen LogP contribution is 2.33. The molecule has 1 N–H and O–H groups in total. The van der Waals surface area contributed by atoms with Crippen LogP contribution in [0.3, 0.4) is 0 Å². The molecule has 0 fully saturated rings. The van der Waals surface area contributed by atoms with Crippen molar-refractivity contribution in [3.8, 4) is 5.75 Å². The second-order valence-corrected chi connectivity index (χ2v) is 6.09. The third kappa shape index (κ3) is 2.68. The molecule has 1 aliphatic rings. The molecular weight excluding hydrogens is 349 g/mol. The van der Waals surface area contributed by atoms with Gasteiger partial charge in [-0.1, -0.05) is 47.5 Å². The lowest BCUT2D eigenvalue weighted by Crippen LogP contribution is -2.24. The van der Waals surface area contributed by atoms with Gasteiger partial charge in [-0.2, -0.15) is 0 Å². The summed E-state index contributed by atoms with van der Waals surface area (Å²) < 4.78 is 5.26. The van der Waals surface area contributed by atoms with Crippen LogP contribution in [0, 0.1) is 6.92 Å². The van der Waals surface area contributed by atoms with Crippen LogP contribution >= 0.6 is 23.2 Å². The monoisotopic (exact) mass is 361 g/mol. The number of Topliss-reactive ketones (excluding diaryl/α,β-unsaturated/α-hetero) is 2. The topological polar surface area (TPSA) is 55.4 Å². The smallest absolute Gasteiger partial charge is 0.211 e. The quantitative estimate of drug-likeness (QED) is 0.867. The molecule has 0 bridgehead atoms. The van der Waals surface area contributed by atoms with E-state index in [0.29, 0.717) is 27.6 Å². The van der Waals surface area contributed by atoms with Gasteiger partial charge in [0.05, 0.1) is 7.11 Å². The number of ketones is 2. The molecule has 0 amide bonds. The average Bonchev–Trinajstić information content (AvgIpc) is 2.59. The molecule has 1 aliphatic carbocycles. The van der Waals surface area contributed by atoms with E-state index in [9.17, 15) is 9.59 Å². The molecule has 0 aliphatic heterocycles. The number of hydrogen-bond acceptors (Lipinski definition) is 4. The molecule has 2 aromatic rings. The molecule has 0 heterocycles. The summed E-state index contributed by atoms with van der Waals surface area (Å²) in [6.45, 7) is 1.82. The molecule has 6 heteroatoms. The number of halogens is 2. The Kier molecular flexibility index (Phi) is 4.35. The Balaban J connectivity index is 2.05. The maximum absolute atomic E-state index is 12.7. The predicted octanol–water partition coefficient (Wildman–Crippen LogP) is 4.60. The number of anilines is 1. The number of fused-ring (bicyclic) bond motifs is 1. The van der Waals surface area contributed by atoms with Gasteiger partial charge in [-0.3, -0.25) is 9.59 Å². The summed E-state index contributed by atoms with van der Waals surface area (Å²) in [6, 6.07) is 9.92. The average molecular weight is 362 g/mol. The standard InChI is InChI=1S/C18H13Cl2NO3/c1-9-13(19)7-10(8-14(9)24-2)21-16-15(20)17(22)11-5-3-4-6-12(11)18(16)23/h3-8,21H,1-2H3. The normalized spacial score (nSPS) is 13.8. The van der Waals surface area contributed by atoms with Crippen molar-refractivity contribution in [2.24, 2.45) is 0 Å². The third-order valence-electron chi connectivity index (χ3n) is 3.85. The van der Waals surface area contributed by atoms with Crippen LogP contribution in [0.5, 0.6) is 5.75 Å². The van der Waals surface area contributed by atoms with E-state index in [2.05, 4.69) is 5.32 Å². The Hall–Kier alpha value is -2.30. The van der Waals surface area contributed by atoms with Crippen LogP contribution in [-0.4, -0.2) is 18.7 Å². The van der Waals surface area contributed by atoms with E-state index in [1.54, 1.807) is 36.4 Å². The highest BCUT2D eigenvalue weighted by atomic mass is 35.5. The van der Waals surface area contributed by atoms with Crippen molar-refractivity contribution < 1.29 is 14.3 Å². The van der Waals surface area contributed by atoms with Gasteiger partial charge in [0.1, 0.15) is 16.5 Å². The third-order valence-corrected chi connectivity index (χ3v) is 4.60. The van der Waals surface area contributed by atoms with Gasteiger partial charge in [-0.15, -0.1) is 0 Å². The number of ether oxygens (including phenoxy) is 1.